The van der Waals surface area contributed by atoms with Crippen molar-refractivity contribution in [1.29, 1.82) is 0 Å². The third-order valence-corrected chi connectivity index (χ3v) is 5.05. The van der Waals surface area contributed by atoms with Crippen LogP contribution in [-0.4, -0.2) is 32.7 Å². The van der Waals surface area contributed by atoms with Gasteiger partial charge in [-0.2, -0.15) is 0 Å². The number of benzene rings is 2. The van der Waals surface area contributed by atoms with Gasteiger partial charge in [0, 0.05) is 24.6 Å². The number of phenols is 2. The van der Waals surface area contributed by atoms with Gasteiger partial charge in [0.25, 0.3) is 0 Å². The molecule has 1 aromatic heterocycles. The zero-order valence-electron chi connectivity index (χ0n) is 14.7. The molecule has 2 heterocycles. The van der Waals surface area contributed by atoms with Crippen molar-refractivity contribution in [2.45, 2.75) is 19.4 Å². The summed E-state index contributed by atoms with van der Waals surface area (Å²) in [7, 11) is 0. The van der Waals surface area contributed by atoms with Gasteiger partial charge in [-0.3, -0.25) is 4.79 Å². The molecule has 1 aliphatic heterocycles. The minimum Gasteiger partial charge on any atom is -0.507 e. The van der Waals surface area contributed by atoms with E-state index in [0.29, 0.717) is 35.5 Å². The molecule has 0 fully saturated rings. The van der Waals surface area contributed by atoms with Crippen molar-refractivity contribution in [1.82, 2.24) is 10.1 Å². The molecule has 0 bridgehead atoms. The van der Waals surface area contributed by atoms with E-state index in [2.05, 4.69) is 5.16 Å². The molecule has 2 N–H and O–H groups in total. The summed E-state index contributed by atoms with van der Waals surface area (Å²) >= 11 is 5.95. The summed E-state index contributed by atoms with van der Waals surface area (Å²) in [5.74, 6) is -0.673. The van der Waals surface area contributed by atoms with E-state index in [4.69, 9.17) is 16.1 Å². The summed E-state index contributed by atoms with van der Waals surface area (Å²) in [6, 6.07) is 8.47. The third kappa shape index (κ3) is 3.41. The summed E-state index contributed by atoms with van der Waals surface area (Å²) in [4.78, 5) is 14.3. The van der Waals surface area contributed by atoms with Gasteiger partial charge < -0.3 is 19.6 Å². The van der Waals surface area contributed by atoms with E-state index in [9.17, 15) is 19.4 Å². The van der Waals surface area contributed by atoms with Crippen LogP contribution in [0.3, 0.4) is 0 Å². The monoisotopic (exact) mass is 402 g/mol. The summed E-state index contributed by atoms with van der Waals surface area (Å²) in [6.07, 6.45) is 0.588. The fourth-order valence-corrected chi connectivity index (χ4v) is 3.47. The maximum absolute atomic E-state index is 13.4. The van der Waals surface area contributed by atoms with Crippen LogP contribution in [0.4, 0.5) is 4.39 Å². The molecule has 0 saturated carbocycles. The molecular weight excluding hydrogens is 387 g/mol. The number of halogens is 2. The molecule has 6 nitrogen and oxygen atoms in total. The molecule has 144 valence electrons. The first kappa shape index (κ1) is 18.3. The number of nitrogens with zero attached hydrogens (tertiary/aromatic N) is 2. The molecule has 8 heteroatoms. The zero-order valence-corrected chi connectivity index (χ0v) is 15.4. The Bertz CT molecular complexity index is 1070. The van der Waals surface area contributed by atoms with Crippen molar-refractivity contribution < 1.29 is 23.9 Å². The van der Waals surface area contributed by atoms with Crippen LogP contribution in [-0.2, 0) is 24.2 Å². The highest BCUT2D eigenvalue weighted by Crippen LogP contribution is 2.40. The number of rotatable bonds is 3. The Hall–Kier alpha value is -3.06. The van der Waals surface area contributed by atoms with Crippen LogP contribution >= 0.6 is 11.6 Å². The van der Waals surface area contributed by atoms with Gasteiger partial charge >= 0.3 is 0 Å². The Morgan fingerprint density at radius 2 is 2.07 bits per heavy atom. The third-order valence-electron chi connectivity index (χ3n) is 4.74. The Morgan fingerprint density at radius 3 is 2.86 bits per heavy atom. The number of hydrogen-bond donors (Lipinski definition) is 2. The predicted octanol–water partition coefficient (Wildman–Crippen LogP) is 3.67. The van der Waals surface area contributed by atoms with Gasteiger partial charge in [0.05, 0.1) is 29.2 Å². The van der Waals surface area contributed by atoms with E-state index in [0.717, 1.165) is 6.07 Å². The molecular formula is C20H16ClFN2O4. The van der Waals surface area contributed by atoms with Gasteiger partial charge in [0.1, 0.15) is 17.3 Å². The van der Waals surface area contributed by atoms with Crippen LogP contribution in [0.2, 0.25) is 5.02 Å². The van der Waals surface area contributed by atoms with Crippen LogP contribution in [0.5, 0.6) is 11.5 Å². The standard InChI is InChI=1S/C20H16ClFN2O4/c21-15-8-13(17(25)9-18(15)26)20-14-10-24(5-4-16(14)23-28-20)19(27)7-11-2-1-3-12(22)6-11/h1-3,6,8-9,25-26H,4-5,7,10H2. The molecule has 0 radical (unpaired) electrons. The number of hydrogen-bond acceptors (Lipinski definition) is 5. The number of amides is 1. The van der Waals surface area contributed by atoms with Crippen LogP contribution < -0.4 is 0 Å². The molecule has 0 spiro atoms. The summed E-state index contributed by atoms with van der Waals surface area (Å²) < 4.78 is 18.8. The van der Waals surface area contributed by atoms with Gasteiger partial charge in [-0.25, -0.2) is 4.39 Å². The molecule has 2 aromatic carbocycles. The average Bonchev–Trinajstić information content (AvgIpc) is 3.07. The first-order chi connectivity index (χ1) is 13.4. The van der Waals surface area contributed by atoms with E-state index in [1.807, 2.05) is 0 Å². The van der Waals surface area contributed by atoms with Gasteiger partial charge in [0.2, 0.25) is 5.91 Å². The Labute approximate surface area is 164 Å². The maximum atomic E-state index is 13.4. The SMILES string of the molecule is O=C(Cc1cccc(F)c1)N1CCc2noc(-c3cc(Cl)c(O)cc3O)c2C1. The number of fused-ring (bicyclic) bond motifs is 1. The van der Waals surface area contributed by atoms with Crippen molar-refractivity contribution in [3.05, 3.63) is 64.1 Å². The average molecular weight is 403 g/mol. The Balaban J connectivity index is 1.60. The second-order valence-corrected chi connectivity index (χ2v) is 7.04. The summed E-state index contributed by atoms with van der Waals surface area (Å²) in [5, 5.41) is 23.9. The van der Waals surface area contributed by atoms with Gasteiger partial charge in [-0.05, 0) is 23.8 Å². The van der Waals surface area contributed by atoms with E-state index in [1.165, 1.54) is 18.2 Å². The smallest absolute Gasteiger partial charge is 0.227 e. The lowest BCUT2D eigenvalue weighted by Gasteiger charge is -2.26. The first-order valence-electron chi connectivity index (χ1n) is 8.64. The Kier molecular flexibility index (Phi) is 4.68. The van der Waals surface area contributed by atoms with E-state index < -0.39 is 0 Å². The van der Waals surface area contributed by atoms with Crippen molar-refractivity contribution in [2.24, 2.45) is 0 Å². The quantitative estimate of drug-likeness (QED) is 0.698. The minimum atomic E-state index is -0.382. The number of phenolic OH excluding ortho intramolecular Hbond substituents is 2. The molecule has 0 saturated heterocycles. The molecule has 0 aliphatic carbocycles. The number of carbonyl (C=O) groups excluding carboxylic acids is 1. The van der Waals surface area contributed by atoms with Crippen LogP contribution in [0.1, 0.15) is 16.8 Å². The van der Waals surface area contributed by atoms with Crippen molar-refractivity contribution >= 4 is 17.5 Å². The van der Waals surface area contributed by atoms with Gasteiger partial charge in [-0.15, -0.1) is 0 Å². The number of aromatic nitrogens is 1. The normalized spacial score (nSPS) is 13.4. The minimum absolute atomic E-state index is 0.0628. The second kappa shape index (κ2) is 7.16. The predicted molar refractivity (Wildman–Crippen MR) is 99.5 cm³/mol. The van der Waals surface area contributed by atoms with Gasteiger partial charge in [-0.1, -0.05) is 28.9 Å². The van der Waals surface area contributed by atoms with E-state index >= 15 is 0 Å². The van der Waals surface area contributed by atoms with Crippen LogP contribution in [0.15, 0.2) is 40.9 Å². The zero-order chi connectivity index (χ0) is 19.8. The molecule has 1 amide bonds. The van der Waals surface area contributed by atoms with Crippen LogP contribution in [0.25, 0.3) is 11.3 Å². The molecule has 3 aromatic rings. The molecule has 28 heavy (non-hydrogen) atoms. The largest absolute Gasteiger partial charge is 0.507 e. The Morgan fingerprint density at radius 1 is 1.25 bits per heavy atom. The first-order valence-corrected chi connectivity index (χ1v) is 9.01. The fraction of sp³-hybridized carbons (Fsp3) is 0.200. The van der Waals surface area contributed by atoms with Crippen molar-refractivity contribution in [3.8, 4) is 22.8 Å². The highest BCUT2D eigenvalue weighted by atomic mass is 35.5. The lowest BCUT2D eigenvalue weighted by Crippen LogP contribution is -2.36. The molecule has 4 rings (SSSR count). The summed E-state index contributed by atoms with van der Waals surface area (Å²) in [5.41, 5.74) is 2.27. The maximum Gasteiger partial charge on any atom is 0.227 e. The molecule has 0 unspecified atom stereocenters. The summed E-state index contributed by atoms with van der Waals surface area (Å²) in [6.45, 7) is 0.718. The van der Waals surface area contributed by atoms with E-state index in [-0.39, 0.29) is 46.8 Å². The van der Waals surface area contributed by atoms with Crippen molar-refractivity contribution in [2.75, 3.05) is 6.54 Å². The van der Waals surface area contributed by atoms with Crippen LogP contribution in [0, 0.1) is 5.82 Å². The lowest BCUT2D eigenvalue weighted by molar-refractivity contribution is -0.131. The lowest BCUT2D eigenvalue weighted by atomic mass is 10.00. The highest BCUT2D eigenvalue weighted by Gasteiger charge is 2.29. The number of aromatic hydroxyl groups is 2. The highest BCUT2D eigenvalue weighted by molar-refractivity contribution is 6.32. The second-order valence-electron chi connectivity index (χ2n) is 6.63. The molecule has 1 aliphatic rings. The van der Waals surface area contributed by atoms with E-state index in [1.54, 1.807) is 17.0 Å². The molecule has 0 atom stereocenters. The fourth-order valence-electron chi connectivity index (χ4n) is 3.30. The number of carbonyl (C=O) groups is 1. The topological polar surface area (TPSA) is 86.8 Å². The van der Waals surface area contributed by atoms with Crippen molar-refractivity contribution in [3.63, 3.8) is 0 Å². The van der Waals surface area contributed by atoms with Gasteiger partial charge in [0.15, 0.2) is 5.76 Å².